The molecule has 4 heteroatoms. The van der Waals surface area contributed by atoms with Crippen LogP contribution in [0.3, 0.4) is 0 Å². The Labute approximate surface area is 125 Å². The molecule has 2 fully saturated rings. The number of hydrogen-bond donors (Lipinski definition) is 1. The number of ether oxygens (including phenoxy) is 2. The van der Waals surface area contributed by atoms with Gasteiger partial charge in [0.25, 0.3) is 0 Å². The smallest absolute Gasteiger partial charge is 0.179 e. The number of rotatable bonds is 6. The standard InChI is InChI=1S/C16H22ClNO2/c1-10(18)16(5-6-16)12-7-13(17)15(19-2)14(8-12)20-9-11-3-4-11/h7-8,10-11H,3-6,9,18H2,1-2H3. The summed E-state index contributed by atoms with van der Waals surface area (Å²) in [5.74, 6) is 2.09. The third-order valence-electron chi connectivity index (χ3n) is 4.62. The first-order valence-corrected chi connectivity index (χ1v) is 7.71. The first-order chi connectivity index (χ1) is 9.56. The summed E-state index contributed by atoms with van der Waals surface area (Å²) in [6.45, 7) is 2.82. The van der Waals surface area contributed by atoms with Gasteiger partial charge in [0.1, 0.15) is 0 Å². The van der Waals surface area contributed by atoms with E-state index >= 15 is 0 Å². The van der Waals surface area contributed by atoms with E-state index in [4.69, 9.17) is 26.8 Å². The quantitative estimate of drug-likeness (QED) is 0.873. The molecule has 0 bridgehead atoms. The number of halogens is 1. The molecule has 1 aromatic rings. The maximum Gasteiger partial charge on any atom is 0.179 e. The monoisotopic (exact) mass is 295 g/mol. The molecule has 20 heavy (non-hydrogen) atoms. The Morgan fingerprint density at radius 1 is 1.40 bits per heavy atom. The van der Waals surface area contributed by atoms with Crippen molar-refractivity contribution in [3.8, 4) is 11.5 Å². The minimum Gasteiger partial charge on any atom is -0.491 e. The van der Waals surface area contributed by atoms with Crippen LogP contribution in [0.2, 0.25) is 5.02 Å². The van der Waals surface area contributed by atoms with Crippen LogP contribution in [-0.4, -0.2) is 19.8 Å². The molecule has 0 amide bonds. The van der Waals surface area contributed by atoms with Gasteiger partial charge < -0.3 is 15.2 Å². The van der Waals surface area contributed by atoms with Crippen molar-refractivity contribution in [3.05, 3.63) is 22.7 Å². The Morgan fingerprint density at radius 3 is 2.60 bits per heavy atom. The highest BCUT2D eigenvalue weighted by Gasteiger charge is 2.48. The number of hydrogen-bond acceptors (Lipinski definition) is 3. The molecule has 2 aliphatic rings. The predicted molar refractivity (Wildman–Crippen MR) is 80.8 cm³/mol. The molecule has 2 N–H and O–H groups in total. The van der Waals surface area contributed by atoms with Gasteiger partial charge >= 0.3 is 0 Å². The summed E-state index contributed by atoms with van der Waals surface area (Å²) in [5, 5.41) is 0.614. The Morgan fingerprint density at radius 2 is 2.10 bits per heavy atom. The highest BCUT2D eigenvalue weighted by Crippen LogP contribution is 2.53. The highest BCUT2D eigenvalue weighted by molar-refractivity contribution is 6.32. The molecule has 110 valence electrons. The van der Waals surface area contributed by atoms with Crippen molar-refractivity contribution in [2.24, 2.45) is 11.7 Å². The Bertz CT molecular complexity index is 507. The van der Waals surface area contributed by atoms with Gasteiger partial charge in [-0.25, -0.2) is 0 Å². The maximum absolute atomic E-state index is 6.36. The van der Waals surface area contributed by atoms with Crippen molar-refractivity contribution >= 4 is 11.6 Å². The molecule has 0 aromatic heterocycles. The summed E-state index contributed by atoms with van der Waals surface area (Å²) in [4.78, 5) is 0. The topological polar surface area (TPSA) is 44.5 Å². The second-order valence-electron chi connectivity index (χ2n) is 6.19. The summed E-state index contributed by atoms with van der Waals surface area (Å²) in [6, 6.07) is 4.19. The van der Waals surface area contributed by atoms with Gasteiger partial charge in [0.05, 0.1) is 18.7 Å². The average Bonchev–Trinajstić information content (AvgIpc) is 3.28. The van der Waals surface area contributed by atoms with Crippen LogP contribution >= 0.6 is 11.6 Å². The summed E-state index contributed by atoms with van der Waals surface area (Å²) in [7, 11) is 1.63. The Balaban J connectivity index is 1.91. The summed E-state index contributed by atoms with van der Waals surface area (Å²) >= 11 is 6.36. The minimum absolute atomic E-state index is 0.0770. The van der Waals surface area contributed by atoms with Crippen LogP contribution in [0.4, 0.5) is 0 Å². The van der Waals surface area contributed by atoms with Crippen LogP contribution in [0, 0.1) is 5.92 Å². The van der Waals surface area contributed by atoms with E-state index in [9.17, 15) is 0 Å². The van der Waals surface area contributed by atoms with Gasteiger partial charge in [0.15, 0.2) is 11.5 Å². The van der Waals surface area contributed by atoms with Gasteiger partial charge in [0.2, 0.25) is 0 Å². The fraction of sp³-hybridized carbons (Fsp3) is 0.625. The van der Waals surface area contributed by atoms with E-state index in [1.54, 1.807) is 7.11 Å². The van der Waals surface area contributed by atoms with Crippen LogP contribution in [0.25, 0.3) is 0 Å². The van der Waals surface area contributed by atoms with Gasteiger partial charge in [-0.3, -0.25) is 0 Å². The summed E-state index contributed by atoms with van der Waals surface area (Å²) in [6.07, 6.45) is 4.77. The van der Waals surface area contributed by atoms with Gasteiger partial charge in [0, 0.05) is 11.5 Å². The van der Waals surface area contributed by atoms with Gasteiger partial charge in [-0.2, -0.15) is 0 Å². The molecule has 3 nitrogen and oxygen atoms in total. The first kappa shape index (κ1) is 14.0. The first-order valence-electron chi connectivity index (χ1n) is 7.33. The van der Waals surface area contributed by atoms with Gasteiger partial charge in [-0.1, -0.05) is 11.6 Å². The normalized spacial score (nSPS) is 21.4. The lowest BCUT2D eigenvalue weighted by Gasteiger charge is -2.22. The SMILES string of the molecule is COc1c(Cl)cc(C2(C(C)N)CC2)cc1OCC1CC1. The molecule has 3 rings (SSSR count). The van der Waals surface area contributed by atoms with Gasteiger partial charge in [-0.05, 0) is 56.2 Å². The molecular formula is C16H22ClNO2. The van der Waals surface area contributed by atoms with E-state index < -0.39 is 0 Å². The molecule has 0 aliphatic heterocycles. The molecule has 1 aromatic carbocycles. The molecule has 1 atom stereocenters. The molecule has 2 aliphatic carbocycles. The largest absolute Gasteiger partial charge is 0.491 e. The minimum atomic E-state index is 0.0770. The zero-order valence-electron chi connectivity index (χ0n) is 12.1. The van der Waals surface area contributed by atoms with E-state index in [2.05, 4.69) is 13.0 Å². The predicted octanol–water partition coefficient (Wildman–Crippen LogP) is 3.52. The van der Waals surface area contributed by atoms with Crippen LogP contribution in [-0.2, 0) is 5.41 Å². The molecule has 0 radical (unpaired) electrons. The van der Waals surface area contributed by atoms with Crippen molar-refractivity contribution in [2.45, 2.75) is 44.1 Å². The molecule has 0 heterocycles. The van der Waals surface area contributed by atoms with E-state index in [-0.39, 0.29) is 11.5 Å². The van der Waals surface area contributed by atoms with Crippen LogP contribution in [0.1, 0.15) is 38.2 Å². The second-order valence-corrected chi connectivity index (χ2v) is 6.60. The third kappa shape index (κ3) is 2.49. The Hall–Kier alpha value is -0.930. The fourth-order valence-electron chi connectivity index (χ4n) is 2.79. The highest BCUT2D eigenvalue weighted by atomic mass is 35.5. The molecule has 1 unspecified atom stereocenters. The van der Waals surface area contributed by atoms with Crippen LogP contribution < -0.4 is 15.2 Å². The average molecular weight is 296 g/mol. The van der Waals surface area contributed by atoms with Gasteiger partial charge in [-0.15, -0.1) is 0 Å². The summed E-state index contributed by atoms with van der Waals surface area (Å²) in [5.41, 5.74) is 7.41. The van der Waals surface area contributed by atoms with Crippen molar-refractivity contribution in [1.29, 1.82) is 0 Å². The number of benzene rings is 1. The van der Waals surface area contributed by atoms with E-state index in [0.717, 1.165) is 25.2 Å². The second kappa shape index (κ2) is 5.12. The van der Waals surface area contributed by atoms with Crippen molar-refractivity contribution < 1.29 is 9.47 Å². The van der Waals surface area contributed by atoms with E-state index in [1.807, 2.05) is 6.07 Å². The van der Waals surface area contributed by atoms with Crippen LogP contribution in [0.15, 0.2) is 12.1 Å². The lowest BCUT2D eigenvalue weighted by molar-refractivity contribution is 0.280. The zero-order chi connectivity index (χ0) is 14.3. The lowest BCUT2D eigenvalue weighted by atomic mass is 9.89. The fourth-order valence-corrected chi connectivity index (χ4v) is 3.08. The van der Waals surface area contributed by atoms with Crippen molar-refractivity contribution in [2.75, 3.05) is 13.7 Å². The maximum atomic E-state index is 6.36. The van der Waals surface area contributed by atoms with Crippen LogP contribution in [0.5, 0.6) is 11.5 Å². The third-order valence-corrected chi connectivity index (χ3v) is 4.90. The molecule has 2 saturated carbocycles. The Kier molecular flexibility index (Phi) is 3.59. The van der Waals surface area contributed by atoms with E-state index in [0.29, 0.717) is 16.7 Å². The number of nitrogens with two attached hydrogens (primary N) is 1. The van der Waals surface area contributed by atoms with E-state index in [1.165, 1.54) is 18.4 Å². The van der Waals surface area contributed by atoms with Crippen molar-refractivity contribution in [1.82, 2.24) is 0 Å². The molecule has 0 saturated heterocycles. The summed E-state index contributed by atoms with van der Waals surface area (Å²) < 4.78 is 11.3. The number of methoxy groups -OCH3 is 1. The lowest BCUT2D eigenvalue weighted by Crippen LogP contribution is -2.31. The zero-order valence-corrected chi connectivity index (χ0v) is 12.9. The van der Waals surface area contributed by atoms with Crippen molar-refractivity contribution in [3.63, 3.8) is 0 Å². The molecule has 0 spiro atoms. The molecular weight excluding hydrogens is 274 g/mol.